The maximum atomic E-state index is 13.8. The van der Waals surface area contributed by atoms with Crippen molar-refractivity contribution in [1.29, 1.82) is 0 Å². The van der Waals surface area contributed by atoms with E-state index in [1.165, 1.54) is 6.07 Å². The van der Waals surface area contributed by atoms with Gasteiger partial charge in [0.15, 0.2) is 0 Å². The highest BCUT2D eigenvalue weighted by molar-refractivity contribution is 6.00. The minimum atomic E-state index is -0.855. The van der Waals surface area contributed by atoms with Gasteiger partial charge in [-0.2, -0.15) is 0 Å². The molecule has 0 aliphatic heterocycles. The molecule has 0 radical (unpaired) electrons. The third-order valence-corrected chi connectivity index (χ3v) is 6.57. The van der Waals surface area contributed by atoms with Crippen LogP contribution in [0.2, 0.25) is 0 Å². The third kappa shape index (κ3) is 9.84. The SMILES string of the molecule is CCCN(CCC)C(=O)c1cc(C)cc(C(=O)N[C@@H](Cc2ccc(F)c(C)c2)[C@H](O)CNCCC(C)C)c1. The van der Waals surface area contributed by atoms with Gasteiger partial charge in [0, 0.05) is 30.8 Å². The van der Waals surface area contributed by atoms with Crippen LogP contribution in [0.15, 0.2) is 36.4 Å². The molecule has 210 valence electrons. The number of rotatable bonds is 15. The van der Waals surface area contributed by atoms with Gasteiger partial charge in [0.25, 0.3) is 11.8 Å². The van der Waals surface area contributed by atoms with Gasteiger partial charge in [0.2, 0.25) is 0 Å². The minimum absolute atomic E-state index is 0.0841. The fraction of sp³-hybridized carbons (Fsp3) is 0.548. The largest absolute Gasteiger partial charge is 0.390 e. The quantitative estimate of drug-likeness (QED) is 0.284. The zero-order valence-electron chi connectivity index (χ0n) is 23.9. The van der Waals surface area contributed by atoms with Crippen molar-refractivity contribution in [3.63, 3.8) is 0 Å². The van der Waals surface area contributed by atoms with Crippen LogP contribution in [0.4, 0.5) is 4.39 Å². The van der Waals surface area contributed by atoms with Gasteiger partial charge in [-0.05, 0) is 92.9 Å². The maximum absolute atomic E-state index is 13.8. The number of hydrogen-bond acceptors (Lipinski definition) is 4. The number of benzene rings is 2. The Balaban J connectivity index is 2.26. The van der Waals surface area contributed by atoms with Gasteiger partial charge in [-0.3, -0.25) is 9.59 Å². The van der Waals surface area contributed by atoms with Crippen molar-refractivity contribution in [2.45, 2.75) is 79.4 Å². The highest BCUT2D eigenvalue weighted by Gasteiger charge is 2.24. The first-order valence-electron chi connectivity index (χ1n) is 13.9. The molecule has 3 N–H and O–H groups in total. The van der Waals surface area contributed by atoms with Gasteiger partial charge in [-0.25, -0.2) is 4.39 Å². The molecule has 6 nitrogen and oxygen atoms in total. The molecular formula is C31H46FN3O3. The Labute approximate surface area is 228 Å². The molecule has 38 heavy (non-hydrogen) atoms. The average Bonchev–Trinajstić information content (AvgIpc) is 2.87. The molecule has 2 amide bonds. The summed E-state index contributed by atoms with van der Waals surface area (Å²) in [5, 5.41) is 17.3. The van der Waals surface area contributed by atoms with Gasteiger partial charge in [-0.15, -0.1) is 0 Å². The van der Waals surface area contributed by atoms with Crippen LogP contribution in [0.3, 0.4) is 0 Å². The molecule has 7 heteroatoms. The Bertz CT molecular complexity index is 1050. The van der Waals surface area contributed by atoms with E-state index in [-0.39, 0.29) is 17.6 Å². The van der Waals surface area contributed by atoms with Crippen LogP contribution < -0.4 is 10.6 Å². The smallest absolute Gasteiger partial charge is 0.253 e. The first-order chi connectivity index (χ1) is 18.0. The van der Waals surface area contributed by atoms with Crippen molar-refractivity contribution in [1.82, 2.24) is 15.5 Å². The molecule has 0 fully saturated rings. The second-order valence-electron chi connectivity index (χ2n) is 10.7. The second-order valence-corrected chi connectivity index (χ2v) is 10.7. The highest BCUT2D eigenvalue weighted by Crippen LogP contribution is 2.16. The van der Waals surface area contributed by atoms with E-state index in [9.17, 15) is 19.1 Å². The molecule has 2 atom stereocenters. The summed E-state index contributed by atoms with van der Waals surface area (Å²) in [6.45, 7) is 14.3. The lowest BCUT2D eigenvalue weighted by atomic mass is 9.98. The van der Waals surface area contributed by atoms with E-state index < -0.39 is 12.1 Å². The lowest BCUT2D eigenvalue weighted by Crippen LogP contribution is -2.49. The van der Waals surface area contributed by atoms with Crippen LogP contribution in [-0.2, 0) is 6.42 Å². The summed E-state index contributed by atoms with van der Waals surface area (Å²) in [5.41, 5.74) is 3.02. The lowest BCUT2D eigenvalue weighted by Gasteiger charge is -2.26. The van der Waals surface area contributed by atoms with E-state index in [4.69, 9.17) is 0 Å². The number of aryl methyl sites for hydroxylation is 2. The van der Waals surface area contributed by atoms with Gasteiger partial charge in [0.05, 0.1) is 12.1 Å². The predicted octanol–water partition coefficient (Wildman–Crippen LogP) is 5.04. The average molecular weight is 528 g/mol. The highest BCUT2D eigenvalue weighted by atomic mass is 19.1. The van der Waals surface area contributed by atoms with Crippen molar-refractivity contribution < 1.29 is 19.1 Å². The Morgan fingerprint density at radius 3 is 2.26 bits per heavy atom. The zero-order chi connectivity index (χ0) is 28.2. The Morgan fingerprint density at radius 2 is 1.66 bits per heavy atom. The molecule has 0 heterocycles. The molecule has 0 bridgehead atoms. The summed E-state index contributed by atoms with van der Waals surface area (Å²) < 4.78 is 13.8. The number of nitrogens with zero attached hydrogens (tertiary/aromatic N) is 1. The molecule has 0 spiro atoms. The molecule has 0 aliphatic rings. The number of hydrogen-bond donors (Lipinski definition) is 3. The molecule has 0 aromatic heterocycles. The Morgan fingerprint density at radius 1 is 1.00 bits per heavy atom. The topological polar surface area (TPSA) is 81.7 Å². The van der Waals surface area contributed by atoms with Gasteiger partial charge in [0.1, 0.15) is 5.82 Å². The molecule has 0 saturated carbocycles. The summed E-state index contributed by atoms with van der Waals surface area (Å²) in [4.78, 5) is 28.4. The number of carbonyl (C=O) groups excluding carboxylic acids is 2. The van der Waals surface area contributed by atoms with Crippen LogP contribution in [0.5, 0.6) is 0 Å². The predicted molar refractivity (Wildman–Crippen MR) is 152 cm³/mol. The van der Waals surface area contributed by atoms with E-state index in [2.05, 4.69) is 24.5 Å². The monoisotopic (exact) mass is 527 g/mol. The summed E-state index contributed by atoms with van der Waals surface area (Å²) in [7, 11) is 0. The summed E-state index contributed by atoms with van der Waals surface area (Å²) in [6, 6.07) is 9.43. The van der Waals surface area contributed by atoms with Crippen LogP contribution in [0, 0.1) is 25.6 Å². The van der Waals surface area contributed by atoms with Crippen LogP contribution in [-0.4, -0.2) is 60.1 Å². The summed E-state index contributed by atoms with van der Waals surface area (Å²) in [5.74, 6) is -0.187. The molecule has 2 aromatic carbocycles. The van der Waals surface area contributed by atoms with Crippen molar-refractivity contribution in [2.24, 2.45) is 5.92 Å². The standard InChI is InChI=1S/C31H46FN3O3/c1-7-13-35(14-8-2)31(38)26-16-22(5)15-25(19-26)30(37)34-28(29(36)20-33-12-11-21(3)4)18-24-9-10-27(32)23(6)17-24/h9-10,15-17,19,21,28-29,33,36H,7-8,11-14,18,20H2,1-6H3,(H,34,37)/t28-,29+/m0/s1. The second kappa shape index (κ2) is 15.6. The van der Waals surface area contributed by atoms with Crippen LogP contribution in [0.25, 0.3) is 0 Å². The minimum Gasteiger partial charge on any atom is -0.390 e. The molecule has 0 aliphatic carbocycles. The molecule has 2 aromatic rings. The number of amides is 2. The van der Waals surface area contributed by atoms with Crippen LogP contribution >= 0.6 is 0 Å². The van der Waals surface area contributed by atoms with E-state index in [1.807, 2.05) is 31.7 Å². The normalized spacial score (nSPS) is 12.9. The third-order valence-electron chi connectivity index (χ3n) is 6.57. The van der Waals surface area contributed by atoms with E-state index in [0.29, 0.717) is 48.7 Å². The Kier molecular flexibility index (Phi) is 12.9. The number of nitrogens with one attached hydrogen (secondary N) is 2. The van der Waals surface area contributed by atoms with Gasteiger partial charge in [-0.1, -0.05) is 39.8 Å². The molecule has 0 unspecified atom stereocenters. The summed E-state index contributed by atoms with van der Waals surface area (Å²) >= 11 is 0. The molecular weight excluding hydrogens is 481 g/mol. The van der Waals surface area contributed by atoms with Gasteiger partial charge < -0.3 is 20.6 Å². The Hall–Kier alpha value is -2.77. The van der Waals surface area contributed by atoms with E-state index in [0.717, 1.165) is 36.9 Å². The fourth-order valence-corrected chi connectivity index (χ4v) is 4.48. The van der Waals surface area contributed by atoms with Gasteiger partial charge >= 0.3 is 0 Å². The summed E-state index contributed by atoms with van der Waals surface area (Å²) in [6.07, 6.45) is 2.19. The zero-order valence-corrected chi connectivity index (χ0v) is 23.9. The number of aliphatic hydroxyl groups is 1. The van der Waals surface area contributed by atoms with Crippen molar-refractivity contribution in [3.8, 4) is 0 Å². The maximum Gasteiger partial charge on any atom is 0.253 e. The molecule has 0 saturated heterocycles. The van der Waals surface area contributed by atoms with Crippen molar-refractivity contribution in [2.75, 3.05) is 26.2 Å². The first kappa shape index (κ1) is 31.4. The number of aliphatic hydroxyl groups excluding tert-OH is 1. The fourth-order valence-electron chi connectivity index (χ4n) is 4.48. The van der Waals surface area contributed by atoms with E-state index in [1.54, 1.807) is 31.2 Å². The van der Waals surface area contributed by atoms with E-state index >= 15 is 0 Å². The number of halogens is 1. The number of carbonyl (C=O) groups is 2. The lowest BCUT2D eigenvalue weighted by molar-refractivity contribution is 0.0755. The van der Waals surface area contributed by atoms with Crippen molar-refractivity contribution >= 4 is 11.8 Å². The van der Waals surface area contributed by atoms with Crippen LogP contribution in [0.1, 0.15) is 84.4 Å². The van der Waals surface area contributed by atoms with Crippen molar-refractivity contribution in [3.05, 3.63) is 70.0 Å². The molecule has 2 rings (SSSR count). The first-order valence-corrected chi connectivity index (χ1v) is 13.9.